The Morgan fingerprint density at radius 1 is 0.440 bits per heavy atom. The third-order valence-electron chi connectivity index (χ3n) is 9.63. The van der Waals surface area contributed by atoms with Crippen molar-refractivity contribution in [1.29, 1.82) is 10.5 Å². The molecular formula is C45H25N5. The summed E-state index contributed by atoms with van der Waals surface area (Å²) in [7, 11) is 0. The fourth-order valence-electron chi connectivity index (χ4n) is 7.41. The smallest absolute Gasteiger partial charge is 0.188 e. The van der Waals surface area contributed by atoms with Crippen LogP contribution < -0.4 is 0 Å². The van der Waals surface area contributed by atoms with Crippen molar-refractivity contribution in [3.63, 3.8) is 0 Å². The molecule has 9 rings (SSSR count). The number of hydrogen-bond acceptors (Lipinski definition) is 2. The van der Waals surface area contributed by atoms with E-state index in [1.807, 2.05) is 91.0 Å². The standard InChI is InChI=1S/C45H25N5/c1-48-33-21-23-44-39(26-33)38-13-5-9-17-43(38)49(44)40-14-6-2-10-35(40)34-22-20-29(24-32(34)28-47)30-18-19-31(27-46)45(25-30)50-41-15-7-3-11-36(41)37-12-4-8-16-42(37)50/h2-26H. The van der Waals surface area contributed by atoms with Crippen molar-refractivity contribution >= 4 is 49.3 Å². The minimum Gasteiger partial charge on any atom is -0.309 e. The average Bonchev–Trinajstić information content (AvgIpc) is 3.70. The van der Waals surface area contributed by atoms with Gasteiger partial charge >= 0.3 is 0 Å². The first-order valence-electron chi connectivity index (χ1n) is 16.3. The predicted molar refractivity (Wildman–Crippen MR) is 202 cm³/mol. The molecule has 2 heterocycles. The summed E-state index contributed by atoms with van der Waals surface area (Å²) in [6.07, 6.45) is 0. The molecule has 2 aromatic heterocycles. The monoisotopic (exact) mass is 635 g/mol. The van der Waals surface area contributed by atoms with Crippen LogP contribution in [0.4, 0.5) is 5.69 Å². The van der Waals surface area contributed by atoms with E-state index in [0.29, 0.717) is 16.8 Å². The largest absolute Gasteiger partial charge is 0.309 e. The van der Waals surface area contributed by atoms with E-state index < -0.39 is 0 Å². The van der Waals surface area contributed by atoms with Crippen LogP contribution in [-0.4, -0.2) is 9.13 Å². The highest BCUT2D eigenvalue weighted by molar-refractivity contribution is 6.11. The lowest BCUT2D eigenvalue weighted by atomic mass is 9.93. The second-order valence-electron chi connectivity index (χ2n) is 12.3. The Bertz CT molecular complexity index is 2920. The first kappa shape index (κ1) is 28.8. The maximum atomic E-state index is 10.6. The fourth-order valence-corrected chi connectivity index (χ4v) is 7.41. The molecule has 5 nitrogen and oxygen atoms in total. The molecule has 0 saturated carbocycles. The third-order valence-corrected chi connectivity index (χ3v) is 9.63. The number of rotatable bonds is 4. The Morgan fingerprint density at radius 3 is 1.64 bits per heavy atom. The number of nitrogens with zero attached hydrogens (tertiary/aromatic N) is 5. The van der Waals surface area contributed by atoms with Crippen molar-refractivity contribution < 1.29 is 0 Å². The van der Waals surface area contributed by atoms with Crippen molar-refractivity contribution in [2.24, 2.45) is 0 Å². The molecule has 0 fully saturated rings. The molecular weight excluding hydrogens is 611 g/mol. The van der Waals surface area contributed by atoms with Gasteiger partial charge < -0.3 is 9.13 Å². The topological polar surface area (TPSA) is 61.8 Å². The van der Waals surface area contributed by atoms with Crippen LogP contribution in [0.3, 0.4) is 0 Å². The van der Waals surface area contributed by atoms with E-state index in [9.17, 15) is 10.5 Å². The summed E-state index contributed by atoms with van der Waals surface area (Å²) in [5.74, 6) is 0. The average molecular weight is 636 g/mol. The van der Waals surface area contributed by atoms with Gasteiger partial charge in [0.25, 0.3) is 0 Å². The summed E-state index contributed by atoms with van der Waals surface area (Å²) in [4.78, 5) is 3.67. The van der Waals surface area contributed by atoms with E-state index in [2.05, 4.69) is 86.8 Å². The molecule has 0 bridgehead atoms. The molecule has 0 saturated heterocycles. The van der Waals surface area contributed by atoms with Crippen LogP contribution in [0, 0.1) is 29.2 Å². The van der Waals surface area contributed by atoms with Crippen LogP contribution in [0.5, 0.6) is 0 Å². The zero-order valence-electron chi connectivity index (χ0n) is 26.7. The van der Waals surface area contributed by atoms with Gasteiger partial charge in [0.15, 0.2) is 5.69 Å². The van der Waals surface area contributed by atoms with E-state index in [1.54, 1.807) is 0 Å². The molecule has 0 spiro atoms. The Kier molecular flexibility index (Phi) is 6.56. The van der Waals surface area contributed by atoms with Gasteiger partial charge in [0.1, 0.15) is 6.07 Å². The minimum absolute atomic E-state index is 0.550. The molecule has 50 heavy (non-hydrogen) atoms. The molecule has 0 N–H and O–H groups in total. The van der Waals surface area contributed by atoms with Crippen molar-refractivity contribution in [2.45, 2.75) is 0 Å². The molecule has 0 aliphatic heterocycles. The Labute approximate surface area is 288 Å². The van der Waals surface area contributed by atoms with E-state index in [-0.39, 0.29) is 0 Å². The van der Waals surface area contributed by atoms with Crippen molar-refractivity contribution in [3.05, 3.63) is 174 Å². The van der Waals surface area contributed by atoms with Gasteiger partial charge in [-0.2, -0.15) is 10.5 Å². The van der Waals surface area contributed by atoms with Gasteiger partial charge in [-0.05, 0) is 71.1 Å². The molecule has 0 radical (unpaired) electrons. The second kappa shape index (κ2) is 11.4. The highest BCUT2D eigenvalue weighted by Gasteiger charge is 2.19. The molecule has 0 atom stereocenters. The molecule has 0 aliphatic carbocycles. The number of hydrogen-bond donors (Lipinski definition) is 0. The van der Waals surface area contributed by atoms with Gasteiger partial charge in [-0.1, -0.05) is 97.1 Å². The summed E-state index contributed by atoms with van der Waals surface area (Å²) in [5, 5.41) is 25.1. The van der Waals surface area contributed by atoms with E-state index in [1.165, 1.54) is 0 Å². The highest BCUT2D eigenvalue weighted by Crippen LogP contribution is 2.40. The van der Waals surface area contributed by atoms with Crippen molar-refractivity contribution in [2.75, 3.05) is 0 Å². The summed E-state index contributed by atoms with van der Waals surface area (Å²) >= 11 is 0. The molecule has 7 aromatic carbocycles. The molecule has 0 unspecified atom stereocenters. The normalized spacial score (nSPS) is 11.1. The van der Waals surface area contributed by atoms with Crippen LogP contribution >= 0.6 is 0 Å². The quantitative estimate of drug-likeness (QED) is 0.181. The fraction of sp³-hybridized carbons (Fsp3) is 0. The lowest BCUT2D eigenvalue weighted by molar-refractivity contribution is 1.17. The zero-order valence-corrected chi connectivity index (χ0v) is 26.7. The number of aromatic nitrogens is 2. The predicted octanol–water partition coefficient (Wildman–Crippen LogP) is 11.5. The van der Waals surface area contributed by atoms with Crippen LogP contribution in [0.25, 0.3) is 82.1 Å². The maximum absolute atomic E-state index is 10.6. The first-order chi connectivity index (χ1) is 24.7. The SMILES string of the molecule is [C-]#[N+]c1ccc2c(c1)c1ccccc1n2-c1ccccc1-c1ccc(-c2ccc(C#N)c(-n3c4ccccc4c4ccccc43)c2)cc1C#N. The van der Waals surface area contributed by atoms with Crippen LogP contribution in [0.1, 0.15) is 11.1 Å². The van der Waals surface area contributed by atoms with Gasteiger partial charge in [-0.15, -0.1) is 0 Å². The van der Waals surface area contributed by atoms with Gasteiger partial charge in [0.2, 0.25) is 0 Å². The molecule has 5 heteroatoms. The number of nitriles is 2. The lowest BCUT2D eigenvalue weighted by Crippen LogP contribution is -1.99. The van der Waals surface area contributed by atoms with Gasteiger partial charge in [-0.3, -0.25) is 0 Å². The molecule has 0 aliphatic rings. The van der Waals surface area contributed by atoms with Gasteiger partial charge in [0.05, 0.1) is 57.2 Å². The van der Waals surface area contributed by atoms with E-state index in [4.69, 9.17) is 6.57 Å². The van der Waals surface area contributed by atoms with Crippen LogP contribution in [-0.2, 0) is 0 Å². The van der Waals surface area contributed by atoms with Crippen molar-refractivity contribution in [1.82, 2.24) is 9.13 Å². The summed E-state index contributed by atoms with van der Waals surface area (Å²) < 4.78 is 4.39. The van der Waals surface area contributed by atoms with E-state index >= 15 is 0 Å². The van der Waals surface area contributed by atoms with E-state index in [0.717, 1.165) is 77.2 Å². The van der Waals surface area contributed by atoms with Gasteiger partial charge in [0, 0.05) is 27.3 Å². The zero-order chi connectivity index (χ0) is 33.8. The highest BCUT2D eigenvalue weighted by atomic mass is 15.0. The first-order valence-corrected chi connectivity index (χ1v) is 16.3. The minimum atomic E-state index is 0.550. The number of benzene rings is 7. The van der Waals surface area contributed by atoms with Crippen molar-refractivity contribution in [3.8, 4) is 45.8 Å². The third kappa shape index (κ3) is 4.31. The summed E-state index contributed by atoms with van der Waals surface area (Å²) in [6.45, 7) is 7.57. The Morgan fingerprint density at radius 2 is 0.980 bits per heavy atom. The number of para-hydroxylation sites is 4. The van der Waals surface area contributed by atoms with Crippen LogP contribution in [0.15, 0.2) is 152 Å². The maximum Gasteiger partial charge on any atom is 0.188 e. The summed E-state index contributed by atoms with van der Waals surface area (Å²) in [6, 6.07) is 55.5. The summed E-state index contributed by atoms with van der Waals surface area (Å²) in [5.41, 5.74) is 11.1. The van der Waals surface area contributed by atoms with Crippen LogP contribution in [0.2, 0.25) is 0 Å². The number of fused-ring (bicyclic) bond motifs is 6. The lowest BCUT2D eigenvalue weighted by Gasteiger charge is -2.16. The molecule has 9 aromatic rings. The second-order valence-corrected chi connectivity index (χ2v) is 12.3. The van der Waals surface area contributed by atoms with Gasteiger partial charge in [-0.25, -0.2) is 4.85 Å². The Balaban J connectivity index is 1.21. The Hall–Kier alpha value is -7.39. The molecule has 230 valence electrons. The molecule has 0 amide bonds.